The van der Waals surface area contributed by atoms with Crippen LogP contribution < -0.4 is 0 Å². The van der Waals surface area contributed by atoms with Crippen LogP contribution in [0, 0.1) is 0 Å². The van der Waals surface area contributed by atoms with E-state index in [2.05, 4.69) is 0 Å². The molecule has 0 spiro atoms. The van der Waals surface area contributed by atoms with Crippen LogP contribution >= 0.6 is 24.0 Å². The van der Waals surface area contributed by atoms with E-state index < -0.39 is 4.75 Å². The number of thioether (sulfide) groups is 1. The highest BCUT2D eigenvalue weighted by Crippen LogP contribution is 2.28. The average molecular weight is 220 g/mol. The van der Waals surface area contributed by atoms with Crippen molar-refractivity contribution in [2.75, 3.05) is 6.61 Å². The van der Waals surface area contributed by atoms with Gasteiger partial charge in [-0.15, -0.1) is 11.8 Å². The topological polar surface area (TPSA) is 37.3 Å². The molecule has 0 fully saturated rings. The number of carbonyl (C=O) groups is 1. The van der Waals surface area contributed by atoms with Crippen LogP contribution in [0.3, 0.4) is 0 Å². The third-order valence-electron chi connectivity index (χ3n) is 1.63. The van der Waals surface area contributed by atoms with Gasteiger partial charge in [-0.1, -0.05) is 12.2 Å². The van der Waals surface area contributed by atoms with E-state index in [1.807, 2.05) is 20.8 Å². The molecule has 4 heteroatoms. The zero-order valence-electron chi connectivity index (χ0n) is 8.29. The summed E-state index contributed by atoms with van der Waals surface area (Å²) in [5, 5.41) is 8.58. The number of hydrogen-bond acceptors (Lipinski definition) is 4. The lowest BCUT2D eigenvalue weighted by Crippen LogP contribution is -2.28. The number of ketones is 1. The van der Waals surface area contributed by atoms with Gasteiger partial charge in [0.1, 0.15) is 5.78 Å². The first-order chi connectivity index (χ1) is 5.90. The lowest BCUT2D eigenvalue weighted by atomic mass is 10.0. The quantitative estimate of drug-likeness (QED) is 0.721. The van der Waals surface area contributed by atoms with Crippen LogP contribution in [0.25, 0.3) is 0 Å². The molecule has 0 saturated heterocycles. The smallest absolute Gasteiger partial charge is 0.148 e. The first kappa shape index (κ1) is 13.1. The Morgan fingerprint density at radius 3 is 2.46 bits per heavy atom. The molecule has 0 heterocycles. The van der Waals surface area contributed by atoms with Gasteiger partial charge in [0.15, 0.2) is 0 Å². The van der Waals surface area contributed by atoms with Crippen molar-refractivity contribution in [2.24, 2.45) is 0 Å². The first-order valence-electron chi connectivity index (χ1n) is 4.24. The third-order valence-corrected chi connectivity index (χ3v) is 2.91. The molecular weight excluding hydrogens is 204 g/mol. The highest BCUT2D eigenvalue weighted by molar-refractivity contribution is 8.24. The van der Waals surface area contributed by atoms with Crippen LogP contribution in [0.5, 0.6) is 0 Å². The average Bonchev–Trinajstić information content (AvgIpc) is 1.97. The van der Waals surface area contributed by atoms with E-state index in [1.165, 1.54) is 11.8 Å². The second kappa shape index (κ2) is 5.73. The van der Waals surface area contributed by atoms with Crippen molar-refractivity contribution in [2.45, 2.75) is 38.4 Å². The van der Waals surface area contributed by atoms with Crippen molar-refractivity contribution in [1.82, 2.24) is 0 Å². The minimum atomic E-state index is -0.443. The third kappa shape index (κ3) is 5.39. The molecule has 0 aromatic heterocycles. The lowest BCUT2D eigenvalue weighted by Gasteiger charge is -2.21. The molecule has 2 nitrogen and oxygen atoms in total. The Morgan fingerprint density at radius 2 is 2.08 bits per heavy atom. The number of thiocarbonyl (C=S) groups is 1. The highest BCUT2D eigenvalue weighted by Gasteiger charge is 2.27. The fraction of sp³-hybridized carbons (Fsp3) is 0.778. The van der Waals surface area contributed by atoms with Crippen LogP contribution in [0.2, 0.25) is 0 Å². The molecule has 0 rings (SSSR count). The summed E-state index contributed by atoms with van der Waals surface area (Å²) in [6.07, 6.45) is 0.971. The van der Waals surface area contributed by atoms with Crippen LogP contribution in [0.4, 0.5) is 0 Å². The second-order valence-corrected chi connectivity index (χ2v) is 6.06. The molecule has 0 saturated carbocycles. The van der Waals surface area contributed by atoms with Gasteiger partial charge < -0.3 is 5.11 Å². The number of hydrogen-bond donors (Lipinski definition) is 1. The van der Waals surface area contributed by atoms with Crippen LogP contribution in [0.1, 0.15) is 33.6 Å². The van der Waals surface area contributed by atoms with Crippen molar-refractivity contribution in [1.29, 1.82) is 0 Å². The number of rotatable bonds is 5. The van der Waals surface area contributed by atoms with Gasteiger partial charge in [-0.2, -0.15) is 0 Å². The first-order valence-corrected chi connectivity index (χ1v) is 5.46. The maximum Gasteiger partial charge on any atom is 0.148 e. The Hall–Kier alpha value is 0.0700. The largest absolute Gasteiger partial charge is 0.396 e. The van der Waals surface area contributed by atoms with E-state index in [-0.39, 0.29) is 12.4 Å². The molecule has 1 N–H and O–H groups in total. The molecular formula is C9H16O2S2. The number of Topliss-reactive ketones (excluding diaryl/α,β-unsaturated/α-hetero) is 1. The van der Waals surface area contributed by atoms with Crippen LogP contribution in [-0.4, -0.2) is 26.4 Å². The Kier molecular flexibility index (Phi) is 5.76. The molecule has 0 radical (unpaired) electrons. The Morgan fingerprint density at radius 1 is 1.54 bits per heavy atom. The van der Waals surface area contributed by atoms with Crippen molar-refractivity contribution in [3.63, 3.8) is 0 Å². The summed E-state index contributed by atoms with van der Waals surface area (Å²) in [7, 11) is 0. The van der Waals surface area contributed by atoms with E-state index in [0.29, 0.717) is 12.8 Å². The molecule has 0 aliphatic rings. The van der Waals surface area contributed by atoms with Gasteiger partial charge in [-0.05, 0) is 27.2 Å². The maximum atomic E-state index is 11.6. The van der Waals surface area contributed by atoms with Gasteiger partial charge in [0.2, 0.25) is 0 Å². The number of aliphatic hydroxyl groups is 1. The molecule has 0 amide bonds. The molecule has 0 aromatic carbocycles. The van der Waals surface area contributed by atoms with Crippen LogP contribution in [0.15, 0.2) is 0 Å². The number of carbonyl (C=O) groups excluding carboxylic acids is 1. The van der Waals surface area contributed by atoms with Gasteiger partial charge >= 0.3 is 0 Å². The molecule has 0 bridgehead atoms. The molecule has 0 aliphatic heterocycles. The minimum Gasteiger partial charge on any atom is -0.396 e. The highest BCUT2D eigenvalue weighted by atomic mass is 32.2. The fourth-order valence-electron chi connectivity index (χ4n) is 0.957. The second-order valence-electron chi connectivity index (χ2n) is 3.35. The van der Waals surface area contributed by atoms with Gasteiger partial charge in [0.05, 0.1) is 4.75 Å². The lowest BCUT2D eigenvalue weighted by molar-refractivity contribution is -0.120. The summed E-state index contributed by atoms with van der Waals surface area (Å²) in [4.78, 5) is 11.6. The predicted octanol–water partition coefficient (Wildman–Crippen LogP) is 2.19. The van der Waals surface area contributed by atoms with Crippen molar-refractivity contribution >= 4 is 34.0 Å². The molecule has 0 unspecified atom stereocenters. The van der Waals surface area contributed by atoms with Crippen LogP contribution in [-0.2, 0) is 4.79 Å². The zero-order valence-corrected chi connectivity index (χ0v) is 9.93. The molecule has 0 aliphatic carbocycles. The van der Waals surface area contributed by atoms with Gasteiger partial charge in [0, 0.05) is 17.2 Å². The Bertz CT molecular complexity index is 200. The van der Waals surface area contributed by atoms with Crippen molar-refractivity contribution in [3.8, 4) is 0 Å². The Labute approximate surface area is 89.1 Å². The summed E-state index contributed by atoms with van der Waals surface area (Å²) in [6, 6.07) is 0. The predicted molar refractivity (Wildman–Crippen MR) is 61.3 cm³/mol. The summed E-state index contributed by atoms with van der Waals surface area (Å²) in [5.41, 5.74) is 0. The minimum absolute atomic E-state index is 0.0725. The summed E-state index contributed by atoms with van der Waals surface area (Å²) < 4.78 is 0.337. The normalized spacial score (nSPS) is 11.4. The van der Waals surface area contributed by atoms with E-state index in [9.17, 15) is 4.79 Å². The summed E-state index contributed by atoms with van der Waals surface area (Å²) >= 11 is 6.35. The fourth-order valence-corrected chi connectivity index (χ4v) is 2.52. The van der Waals surface area contributed by atoms with Gasteiger partial charge in [0.25, 0.3) is 0 Å². The van der Waals surface area contributed by atoms with E-state index >= 15 is 0 Å². The summed E-state index contributed by atoms with van der Waals surface area (Å²) in [6.45, 7) is 5.63. The molecule has 0 aromatic rings. The number of aliphatic hydroxyl groups excluding tert-OH is 1. The van der Waals surface area contributed by atoms with E-state index in [0.717, 1.165) is 4.20 Å². The van der Waals surface area contributed by atoms with Gasteiger partial charge in [-0.25, -0.2) is 0 Å². The van der Waals surface area contributed by atoms with E-state index in [1.54, 1.807) is 0 Å². The van der Waals surface area contributed by atoms with E-state index in [4.69, 9.17) is 17.3 Å². The summed E-state index contributed by atoms with van der Waals surface area (Å²) in [5.74, 6) is 0.149. The van der Waals surface area contributed by atoms with Crippen molar-refractivity contribution < 1.29 is 9.90 Å². The Balaban J connectivity index is 4.10. The molecule has 76 valence electrons. The zero-order chi connectivity index (χ0) is 10.5. The molecule has 0 atom stereocenters. The standard InChI is InChI=1S/C9H16O2S2/c1-7(12)13-9(2,3)8(11)5-4-6-10/h10H,4-6H2,1-3H3. The van der Waals surface area contributed by atoms with Gasteiger partial charge in [-0.3, -0.25) is 4.79 Å². The van der Waals surface area contributed by atoms with Crippen molar-refractivity contribution in [3.05, 3.63) is 0 Å². The maximum absolute atomic E-state index is 11.6. The molecule has 13 heavy (non-hydrogen) atoms. The SMILES string of the molecule is CC(=S)SC(C)(C)C(=O)CCCO. The monoisotopic (exact) mass is 220 g/mol.